The minimum atomic E-state index is 1.01. The summed E-state index contributed by atoms with van der Waals surface area (Å²) in [6.45, 7) is 0. The van der Waals surface area contributed by atoms with Gasteiger partial charge in [-0.25, -0.2) is 0 Å². The number of benzene rings is 5. The van der Waals surface area contributed by atoms with Crippen LogP contribution < -0.4 is 0 Å². The van der Waals surface area contributed by atoms with Crippen LogP contribution in [0.1, 0.15) is 22.3 Å². The van der Waals surface area contributed by atoms with Gasteiger partial charge in [0.05, 0.1) is 11.6 Å². The van der Waals surface area contributed by atoms with E-state index in [1.807, 2.05) is 6.08 Å². The highest BCUT2D eigenvalue weighted by molar-refractivity contribution is 5.98. The second-order valence-corrected chi connectivity index (χ2v) is 8.90. The van der Waals surface area contributed by atoms with Gasteiger partial charge in [-0.15, -0.1) is 0 Å². The molecule has 0 radical (unpaired) electrons. The molecular formula is C33H21+. The largest absolute Gasteiger partial charge is 0.111 e. The number of allylic oxidation sites excluding steroid dienone is 2. The normalized spacial score (nSPS) is 12.8. The summed E-state index contributed by atoms with van der Waals surface area (Å²) >= 11 is 0. The molecule has 5 aromatic carbocycles. The van der Waals surface area contributed by atoms with Crippen LogP contribution in [0.15, 0.2) is 103 Å². The van der Waals surface area contributed by atoms with Crippen LogP contribution in [-0.4, -0.2) is 0 Å². The fraction of sp³-hybridized carbons (Fsp3) is 0.0303. The van der Waals surface area contributed by atoms with E-state index < -0.39 is 0 Å². The van der Waals surface area contributed by atoms with Gasteiger partial charge in [-0.1, -0.05) is 72.8 Å². The highest BCUT2D eigenvalue weighted by atomic mass is 14.2. The molecule has 0 nitrogen and oxygen atoms in total. The second-order valence-electron chi connectivity index (χ2n) is 8.90. The quantitative estimate of drug-likeness (QED) is 0.247. The molecule has 33 heavy (non-hydrogen) atoms. The smallest absolute Gasteiger partial charge is 0.0616 e. The zero-order valence-electron chi connectivity index (χ0n) is 18.2. The molecule has 7 rings (SSSR count). The third kappa shape index (κ3) is 2.89. The SMILES string of the molecule is [C+]1=Cc2cccc(-c3ccc4c(c3)-c3cc(-c5cccc6ccccc56)ccc3C4)c2C=C1. The first kappa shape index (κ1) is 18.3. The molecule has 152 valence electrons. The summed E-state index contributed by atoms with van der Waals surface area (Å²) in [5, 5.41) is 2.59. The van der Waals surface area contributed by atoms with Crippen LogP contribution in [0, 0.1) is 6.08 Å². The Bertz CT molecular complexity index is 1620. The number of hydrogen-bond donors (Lipinski definition) is 0. The molecule has 0 fully saturated rings. The average Bonchev–Trinajstić information content (AvgIpc) is 3.25. The van der Waals surface area contributed by atoms with Crippen LogP contribution >= 0.6 is 0 Å². The summed E-state index contributed by atoms with van der Waals surface area (Å²) in [6, 6.07) is 35.8. The highest BCUT2D eigenvalue weighted by Gasteiger charge is 2.22. The molecule has 0 heterocycles. The Labute approximate surface area is 194 Å². The van der Waals surface area contributed by atoms with Crippen molar-refractivity contribution >= 4 is 22.9 Å². The van der Waals surface area contributed by atoms with Gasteiger partial charge in [0.1, 0.15) is 17.7 Å². The fourth-order valence-electron chi connectivity index (χ4n) is 5.40. The summed E-state index contributed by atoms with van der Waals surface area (Å²) in [6.07, 6.45) is 10.5. The van der Waals surface area contributed by atoms with Gasteiger partial charge in [-0.3, -0.25) is 0 Å². The third-order valence-electron chi connectivity index (χ3n) is 7.03. The van der Waals surface area contributed by atoms with E-state index >= 15 is 0 Å². The van der Waals surface area contributed by atoms with Gasteiger partial charge >= 0.3 is 0 Å². The number of fused-ring (bicyclic) bond motifs is 5. The summed E-state index contributed by atoms with van der Waals surface area (Å²) in [5.74, 6) is 0. The van der Waals surface area contributed by atoms with E-state index in [-0.39, 0.29) is 0 Å². The first-order valence-electron chi connectivity index (χ1n) is 11.5. The van der Waals surface area contributed by atoms with E-state index in [0.29, 0.717) is 0 Å². The number of rotatable bonds is 2. The van der Waals surface area contributed by atoms with Crippen LogP contribution in [0.25, 0.3) is 56.3 Å². The molecule has 0 saturated heterocycles. The lowest BCUT2D eigenvalue weighted by Gasteiger charge is -2.11. The molecule has 0 amide bonds. The summed E-state index contributed by atoms with van der Waals surface area (Å²) in [5.41, 5.74) is 13.2. The van der Waals surface area contributed by atoms with Crippen LogP contribution in [0.3, 0.4) is 0 Å². The molecule has 2 aliphatic carbocycles. The summed E-state index contributed by atoms with van der Waals surface area (Å²) in [4.78, 5) is 0. The van der Waals surface area contributed by atoms with Crippen molar-refractivity contribution in [3.8, 4) is 33.4 Å². The van der Waals surface area contributed by atoms with Crippen molar-refractivity contribution in [2.24, 2.45) is 0 Å². The van der Waals surface area contributed by atoms with Crippen molar-refractivity contribution in [2.75, 3.05) is 0 Å². The van der Waals surface area contributed by atoms with Crippen molar-refractivity contribution in [2.45, 2.75) is 6.42 Å². The molecule has 0 unspecified atom stereocenters. The molecule has 0 atom stereocenters. The molecule has 0 aliphatic heterocycles. The number of hydrogen-bond acceptors (Lipinski definition) is 0. The highest BCUT2D eigenvalue weighted by Crippen LogP contribution is 2.42. The molecule has 2 aliphatic rings. The lowest BCUT2D eigenvalue weighted by molar-refractivity contribution is 1.26. The first-order valence-corrected chi connectivity index (χ1v) is 11.5. The van der Waals surface area contributed by atoms with E-state index in [4.69, 9.17) is 0 Å². The Kier molecular flexibility index (Phi) is 3.96. The maximum Gasteiger partial charge on any atom is 0.111 e. The Morgan fingerprint density at radius 3 is 2.12 bits per heavy atom. The first-order chi connectivity index (χ1) is 16.3. The van der Waals surface area contributed by atoms with Crippen molar-refractivity contribution < 1.29 is 0 Å². The topological polar surface area (TPSA) is 0 Å². The molecule has 0 bridgehead atoms. The molecule has 0 saturated carbocycles. The van der Waals surface area contributed by atoms with E-state index in [1.165, 1.54) is 66.4 Å². The van der Waals surface area contributed by atoms with Gasteiger partial charge in [0, 0.05) is 17.7 Å². The van der Waals surface area contributed by atoms with Crippen LogP contribution in [0.2, 0.25) is 0 Å². The van der Waals surface area contributed by atoms with Gasteiger partial charge in [-0.2, -0.15) is 0 Å². The zero-order chi connectivity index (χ0) is 21.8. The minimum absolute atomic E-state index is 1.01. The van der Waals surface area contributed by atoms with E-state index in [0.717, 1.165) is 6.42 Å². The second kappa shape index (κ2) is 7.14. The van der Waals surface area contributed by atoms with Gasteiger partial charge in [-0.05, 0) is 74.3 Å². The van der Waals surface area contributed by atoms with Gasteiger partial charge < -0.3 is 0 Å². The average molecular weight is 418 g/mol. The van der Waals surface area contributed by atoms with Crippen molar-refractivity contribution in [3.05, 3.63) is 131 Å². The van der Waals surface area contributed by atoms with Crippen LogP contribution in [0.4, 0.5) is 0 Å². The molecule has 0 aromatic heterocycles. The molecule has 5 aromatic rings. The van der Waals surface area contributed by atoms with Gasteiger partial charge in [0.25, 0.3) is 0 Å². The molecular weight excluding hydrogens is 396 g/mol. The molecule has 0 heteroatoms. The standard InChI is InChI=1S/C33H21/c1-3-11-28-22(7-1)9-5-13-30(28)26-17-15-24-19-25-16-18-27(21-33(25)32(24)20-26)31-14-6-10-23-8-2-4-12-29(23)31/h1,3-18,20-21H,19H2/q+1. The lowest BCUT2D eigenvalue weighted by atomic mass is 9.90. The molecule has 0 spiro atoms. The monoisotopic (exact) mass is 417 g/mol. The van der Waals surface area contributed by atoms with Crippen molar-refractivity contribution in [1.82, 2.24) is 0 Å². The predicted molar refractivity (Wildman–Crippen MR) is 140 cm³/mol. The Hall–Kier alpha value is -4.25. The van der Waals surface area contributed by atoms with E-state index in [2.05, 4.69) is 115 Å². The van der Waals surface area contributed by atoms with Crippen molar-refractivity contribution in [3.63, 3.8) is 0 Å². The van der Waals surface area contributed by atoms with Gasteiger partial charge in [0.2, 0.25) is 0 Å². The minimum Gasteiger partial charge on any atom is -0.0616 e. The Morgan fingerprint density at radius 1 is 0.576 bits per heavy atom. The third-order valence-corrected chi connectivity index (χ3v) is 7.03. The summed E-state index contributed by atoms with van der Waals surface area (Å²) < 4.78 is 0. The van der Waals surface area contributed by atoms with E-state index in [9.17, 15) is 0 Å². The van der Waals surface area contributed by atoms with Crippen molar-refractivity contribution in [1.29, 1.82) is 0 Å². The van der Waals surface area contributed by atoms with E-state index in [1.54, 1.807) is 0 Å². The maximum absolute atomic E-state index is 3.20. The van der Waals surface area contributed by atoms with Gasteiger partial charge in [0.15, 0.2) is 0 Å². The fourth-order valence-corrected chi connectivity index (χ4v) is 5.40. The Balaban J connectivity index is 1.38. The summed E-state index contributed by atoms with van der Waals surface area (Å²) in [7, 11) is 0. The maximum atomic E-state index is 3.20. The molecule has 0 N–H and O–H groups in total. The lowest BCUT2D eigenvalue weighted by Crippen LogP contribution is -1.91. The van der Waals surface area contributed by atoms with Crippen LogP contribution in [0.5, 0.6) is 0 Å². The zero-order valence-corrected chi connectivity index (χ0v) is 18.2. The Morgan fingerprint density at radius 2 is 1.27 bits per heavy atom. The predicted octanol–water partition coefficient (Wildman–Crippen LogP) is 8.59. The van der Waals surface area contributed by atoms with Crippen LogP contribution in [-0.2, 0) is 6.42 Å².